The second-order valence-electron chi connectivity index (χ2n) is 42.6. The van der Waals surface area contributed by atoms with E-state index in [1.165, 1.54) is 136 Å². The molecule has 2 aromatic rings. The SMILES string of the molecule is C=C(C)[C@@H]1CC[C@]2(NCCN3CCS(=C)(=O)CC3)CC[C@]3(C)[C@H](CC[C@@H]4[C@@]5(C)CC=C(C6=CCC(COc7cnsn7)(C(=O)O)CC6)C(C)(C)[C@@H]5CC[C@]43C)[C@@H]12.C=C(C)[C@@H]1CC[C@]2(NCCN3CCS(=C)(=O)CC3)CC[C@]3(C)[C@H](CC[C@@H]4[C@@]5(C)CC=C(C6=CCC(COc7nsnc7C)(C(=O)O)CC6)C(C)(C)[C@@H]5CC[C@]43C)[C@@H]12. The van der Waals surface area contributed by atoms with Crippen molar-refractivity contribution in [2.24, 2.45) is 113 Å². The van der Waals surface area contributed by atoms with Crippen LogP contribution in [-0.4, -0.2) is 169 Å². The number of carboxylic acid groups (broad SMARTS) is 2. The molecule has 14 aliphatic rings. The highest BCUT2D eigenvalue weighted by molar-refractivity contribution is 8.00. The molecule has 2 unspecified atom stereocenters. The van der Waals surface area contributed by atoms with Crippen molar-refractivity contribution in [2.45, 2.75) is 255 Å². The van der Waals surface area contributed by atoms with Crippen molar-refractivity contribution < 1.29 is 37.7 Å². The third kappa shape index (κ3) is 14.1. The second kappa shape index (κ2) is 30.3. The van der Waals surface area contributed by atoms with Crippen LogP contribution in [0, 0.1) is 120 Å². The minimum atomic E-state index is -1.87. The monoisotopic (exact) mass is 1630 g/mol. The van der Waals surface area contributed by atoms with Crippen LogP contribution in [0.1, 0.15) is 243 Å². The molecule has 626 valence electrons. The predicted octanol–water partition coefficient (Wildman–Crippen LogP) is 17.6. The molecule has 10 fully saturated rings. The molecule has 20 heteroatoms. The first kappa shape index (κ1) is 84.0. The number of hydrogen-bond acceptors (Lipinski definition) is 16. The summed E-state index contributed by atoms with van der Waals surface area (Å²) in [7, 11) is -3.75. The molecular weight excluding hydrogens is 1490 g/mol. The van der Waals surface area contributed by atoms with E-state index in [-0.39, 0.29) is 67.6 Å². The number of aryl methyl sites for hydroxylation is 1. The first-order valence-corrected chi connectivity index (χ1v) is 49.8. The molecule has 2 aliphatic heterocycles. The maximum atomic E-state index is 12.7. The van der Waals surface area contributed by atoms with Gasteiger partial charge in [-0.1, -0.05) is 118 Å². The van der Waals surface area contributed by atoms with E-state index in [0.29, 0.717) is 102 Å². The Morgan fingerprint density at radius 2 is 0.956 bits per heavy atom. The van der Waals surface area contributed by atoms with Gasteiger partial charge in [0.15, 0.2) is 0 Å². The summed E-state index contributed by atoms with van der Waals surface area (Å²) in [6.07, 6.45) is 37.6. The molecule has 0 spiro atoms. The van der Waals surface area contributed by atoms with Gasteiger partial charge in [0, 0.05) is 86.4 Å². The van der Waals surface area contributed by atoms with E-state index in [1.807, 2.05) is 6.92 Å². The molecule has 4 N–H and O–H groups in total. The normalized spacial score (nSPS) is 42.7. The van der Waals surface area contributed by atoms with Gasteiger partial charge in [0.25, 0.3) is 0 Å². The van der Waals surface area contributed by atoms with Crippen molar-refractivity contribution in [2.75, 3.05) is 88.6 Å². The molecule has 16 nitrogen and oxygen atoms in total. The fourth-order valence-electron chi connectivity index (χ4n) is 30.2. The third-order valence-electron chi connectivity index (χ3n) is 37.0. The summed E-state index contributed by atoms with van der Waals surface area (Å²) in [5.74, 6) is 16.6. The molecule has 2 saturated heterocycles. The van der Waals surface area contributed by atoms with Crippen molar-refractivity contribution in [1.29, 1.82) is 0 Å². The van der Waals surface area contributed by atoms with Gasteiger partial charge < -0.3 is 40.1 Å². The third-order valence-corrected chi connectivity index (χ3v) is 41.7. The molecule has 2 aromatic heterocycles. The Labute approximate surface area is 688 Å². The zero-order valence-electron chi connectivity index (χ0n) is 71.5. The number of nitrogens with one attached hydrogen (secondary N) is 2. The molecule has 0 radical (unpaired) electrons. The lowest BCUT2D eigenvalue weighted by Gasteiger charge is -2.72. The smallest absolute Gasteiger partial charge is 0.313 e. The molecule has 4 heterocycles. The van der Waals surface area contributed by atoms with Crippen LogP contribution in [0.4, 0.5) is 0 Å². The van der Waals surface area contributed by atoms with E-state index < -0.39 is 41.8 Å². The van der Waals surface area contributed by atoms with E-state index in [0.717, 1.165) is 125 Å². The molecule has 0 amide bonds. The summed E-state index contributed by atoms with van der Waals surface area (Å²) in [4.78, 5) is 30.4. The number of allylic oxidation sites excluding steroid dienone is 10. The number of ether oxygens (including phenoxy) is 2. The lowest BCUT2D eigenvalue weighted by molar-refractivity contribution is -0.221. The first-order chi connectivity index (χ1) is 53.2. The van der Waals surface area contributed by atoms with Gasteiger partial charge in [0.1, 0.15) is 35.9 Å². The fraction of sp³-hybridized carbons (Fsp3) is 0.785. The Morgan fingerprint density at radius 1 is 0.522 bits per heavy atom. The zero-order chi connectivity index (χ0) is 80.8. The van der Waals surface area contributed by atoms with Crippen LogP contribution < -0.4 is 20.1 Å². The van der Waals surface area contributed by atoms with Crippen LogP contribution in [0.3, 0.4) is 0 Å². The highest BCUT2D eigenvalue weighted by Gasteiger charge is 2.73. The highest BCUT2D eigenvalue weighted by atomic mass is 32.2. The maximum Gasteiger partial charge on any atom is 0.313 e. The van der Waals surface area contributed by atoms with Crippen molar-refractivity contribution >= 4 is 66.2 Å². The maximum absolute atomic E-state index is 12.7. The zero-order valence-corrected chi connectivity index (χ0v) is 74.8. The summed E-state index contributed by atoms with van der Waals surface area (Å²) < 4.78 is 53.4. The lowest BCUT2D eigenvalue weighted by atomic mass is 9.33. The van der Waals surface area contributed by atoms with E-state index in [4.69, 9.17) is 9.47 Å². The van der Waals surface area contributed by atoms with Crippen LogP contribution in [0.25, 0.3) is 0 Å². The Hall–Kier alpha value is -4.02. The fourth-order valence-corrected chi connectivity index (χ4v) is 33.9. The van der Waals surface area contributed by atoms with Gasteiger partial charge in [-0.3, -0.25) is 18.0 Å². The van der Waals surface area contributed by atoms with Crippen LogP contribution in [-0.2, 0) is 28.6 Å². The van der Waals surface area contributed by atoms with E-state index in [2.05, 4.69) is 170 Å². The van der Waals surface area contributed by atoms with Gasteiger partial charge in [0.2, 0.25) is 11.8 Å². The number of nitrogens with zero attached hydrogens (tertiary/aromatic N) is 6. The molecule has 12 aliphatic carbocycles. The summed E-state index contributed by atoms with van der Waals surface area (Å²) in [5.41, 5.74) is 9.27. The lowest BCUT2D eigenvalue weighted by Crippen LogP contribution is -2.68. The molecule has 0 bridgehead atoms. The minimum absolute atomic E-state index is 0.0155. The first-order valence-electron chi connectivity index (χ1n) is 44.2. The van der Waals surface area contributed by atoms with E-state index in [9.17, 15) is 28.2 Å². The number of rotatable bonds is 20. The van der Waals surface area contributed by atoms with Gasteiger partial charge in [-0.05, 0) is 330 Å². The summed E-state index contributed by atoms with van der Waals surface area (Å²) in [6.45, 7) is 50.0. The largest absolute Gasteiger partial charge is 0.481 e. The standard InChI is InChI=1S/C47H72N4O4S2.C46H70N4O4S2/c1-31(2)34-14-21-47(48-24-25-51-26-28-57(9,54)29-27-51)23-22-44(7)36(39(34)47)10-11-38-43(6)17-15-35(42(4,5)37(43)16-18-45(38,44)8)33-12-19-46(20-13-33,41(52)53)30-55-40-32(3)49-56-50-40;1-31(2)33-13-20-46(47-23-24-50-25-27-56(8,53)28-26-50)22-21-43(6)35(39(33)46)9-10-37-42(5)16-14-34(41(3,4)36(42)15-17-44(37,43)7)32-11-18-45(19-12-32,40(51)52)30-54-38-29-48-55-49-38/h12,15,34,36-39,48H,1,9-11,13-14,16-30H2,2-8H3,(H,52,53);11,14,29,33,35-37,39,47H,1,8-10,12-13,15-28,30H2,2-7H3,(H,51,52)/t34-,36+,37-,38+,39+,43-,44+,45+,46?,47-;33-,35+,36-,37+,39+,42-,43+,44+,45?,46-/m00/s1. The van der Waals surface area contributed by atoms with Crippen molar-refractivity contribution in [3.63, 3.8) is 0 Å². The highest BCUT2D eigenvalue weighted by Crippen LogP contribution is 2.79. The molecule has 8 saturated carbocycles. The van der Waals surface area contributed by atoms with Gasteiger partial charge in [-0.15, -0.1) is 8.75 Å². The van der Waals surface area contributed by atoms with Crippen LogP contribution in [0.2, 0.25) is 0 Å². The summed E-state index contributed by atoms with van der Waals surface area (Å²) in [5, 5.41) is 29.4. The molecule has 16 rings (SSSR count). The Morgan fingerprint density at radius 3 is 1.33 bits per heavy atom. The predicted molar refractivity (Wildman–Crippen MR) is 464 cm³/mol. The average Bonchev–Trinajstić information content (AvgIpc) is 1.68. The summed E-state index contributed by atoms with van der Waals surface area (Å²) in [6, 6.07) is 0. The summed E-state index contributed by atoms with van der Waals surface area (Å²) >= 11 is 2.18. The number of aromatic nitrogens is 4. The molecule has 20 atom stereocenters. The molecule has 0 aromatic carbocycles. The average molecular weight is 1630 g/mol. The number of fused-ring (bicyclic) bond motifs is 14. The number of carbonyl (C=O) groups is 2. The van der Waals surface area contributed by atoms with Crippen molar-refractivity contribution in [3.05, 3.63) is 82.8 Å². The number of carboxylic acids is 2. The molecular formula is C93H142N8O8S4. The van der Waals surface area contributed by atoms with Crippen molar-refractivity contribution in [1.82, 2.24) is 37.9 Å². The van der Waals surface area contributed by atoms with Crippen LogP contribution >= 0.6 is 23.5 Å². The van der Waals surface area contributed by atoms with Gasteiger partial charge in [-0.2, -0.15) is 8.75 Å². The van der Waals surface area contributed by atoms with E-state index >= 15 is 0 Å². The van der Waals surface area contributed by atoms with Gasteiger partial charge in [0.05, 0.1) is 23.5 Å². The van der Waals surface area contributed by atoms with E-state index in [1.54, 1.807) is 6.20 Å². The Bertz CT molecular complexity index is 4320. The van der Waals surface area contributed by atoms with Crippen LogP contribution in [0.5, 0.6) is 11.8 Å². The topological polar surface area (TPSA) is 209 Å². The van der Waals surface area contributed by atoms with Crippen LogP contribution in [0.15, 0.2) is 77.1 Å². The quantitative estimate of drug-likeness (QED) is 0.0718. The second-order valence-corrected chi connectivity index (χ2v) is 49.2. The number of aliphatic carboxylic acids is 2. The number of hydrogen-bond donors (Lipinski definition) is 4. The van der Waals surface area contributed by atoms with Crippen molar-refractivity contribution in [3.8, 4) is 11.8 Å². The Balaban J connectivity index is 0.000000178. The minimum Gasteiger partial charge on any atom is -0.481 e. The Kier molecular flexibility index (Phi) is 22.5. The van der Waals surface area contributed by atoms with Gasteiger partial charge >= 0.3 is 11.9 Å². The molecule has 113 heavy (non-hydrogen) atoms. The van der Waals surface area contributed by atoms with Gasteiger partial charge in [-0.25, -0.2) is 0 Å².